The van der Waals surface area contributed by atoms with Crippen LogP contribution in [0.2, 0.25) is 0 Å². The number of phenols is 1. The fraction of sp³-hybridized carbons (Fsp3) is 0.364. The Morgan fingerprint density at radius 3 is 2.80 bits per heavy atom. The number of aliphatic hydroxyl groups is 2. The van der Waals surface area contributed by atoms with Gasteiger partial charge in [-0.25, -0.2) is 0 Å². The molecule has 0 saturated heterocycles. The van der Waals surface area contributed by atoms with E-state index in [2.05, 4.69) is 0 Å². The summed E-state index contributed by atoms with van der Waals surface area (Å²) in [5.74, 6) is -0.495. The van der Waals surface area contributed by atoms with Crippen molar-refractivity contribution in [3.8, 4) is 5.75 Å². The molecule has 2 atom stereocenters. The van der Waals surface area contributed by atoms with Gasteiger partial charge in [0.05, 0.1) is 11.2 Å². The van der Waals surface area contributed by atoms with Gasteiger partial charge in [0, 0.05) is 6.42 Å². The summed E-state index contributed by atoms with van der Waals surface area (Å²) in [4.78, 5) is 11.6. The second-order valence-corrected chi connectivity index (χ2v) is 4.10. The van der Waals surface area contributed by atoms with E-state index in [0.717, 1.165) is 0 Å². The van der Waals surface area contributed by atoms with Gasteiger partial charge in [-0.2, -0.15) is 0 Å². The van der Waals surface area contributed by atoms with Gasteiger partial charge in [-0.3, -0.25) is 4.79 Å². The minimum atomic E-state index is -1.46. The van der Waals surface area contributed by atoms with Crippen LogP contribution in [0, 0.1) is 0 Å². The molecule has 1 aromatic carbocycles. The second-order valence-electron chi connectivity index (χ2n) is 4.10. The zero-order chi connectivity index (χ0) is 11.2. The first-order valence-corrected chi connectivity index (χ1v) is 4.69. The molecule has 1 aliphatic carbocycles. The van der Waals surface area contributed by atoms with E-state index in [0.29, 0.717) is 0 Å². The number of benzene rings is 1. The van der Waals surface area contributed by atoms with Gasteiger partial charge in [-0.05, 0) is 18.6 Å². The Bertz CT molecular complexity index is 423. The van der Waals surface area contributed by atoms with Crippen molar-refractivity contribution >= 4 is 5.78 Å². The number of Topliss-reactive ketones (excluding diaryl/α,β-unsaturated/α-hetero) is 1. The molecule has 0 radical (unpaired) electrons. The van der Waals surface area contributed by atoms with Gasteiger partial charge in [0.15, 0.2) is 5.78 Å². The maximum Gasteiger partial charge on any atom is 0.169 e. The number of ketones is 1. The van der Waals surface area contributed by atoms with Crippen molar-refractivity contribution in [1.82, 2.24) is 0 Å². The smallest absolute Gasteiger partial charge is 0.169 e. The molecular weight excluding hydrogens is 196 g/mol. The van der Waals surface area contributed by atoms with Crippen molar-refractivity contribution in [1.29, 1.82) is 0 Å². The first-order chi connectivity index (χ1) is 6.93. The van der Waals surface area contributed by atoms with E-state index in [9.17, 15) is 20.1 Å². The first-order valence-electron chi connectivity index (χ1n) is 4.69. The van der Waals surface area contributed by atoms with Gasteiger partial charge in [0.2, 0.25) is 0 Å². The maximum absolute atomic E-state index is 11.6. The van der Waals surface area contributed by atoms with Crippen molar-refractivity contribution in [3.05, 3.63) is 29.3 Å². The summed E-state index contributed by atoms with van der Waals surface area (Å²) in [7, 11) is 0. The average molecular weight is 208 g/mol. The van der Waals surface area contributed by atoms with Crippen LogP contribution in [-0.2, 0) is 0 Å². The lowest BCUT2D eigenvalue weighted by Crippen LogP contribution is -2.40. The lowest BCUT2D eigenvalue weighted by atomic mass is 9.78. The Balaban J connectivity index is 2.64. The molecular formula is C11H12O4. The number of rotatable bonds is 0. The summed E-state index contributed by atoms with van der Waals surface area (Å²) >= 11 is 0. The number of hydrogen-bond donors (Lipinski definition) is 3. The SMILES string of the molecule is C[C@@]1(O)CC(=O)c2c(O)cccc2[C@@H]1O. The molecule has 0 aromatic heterocycles. The number of hydrogen-bond acceptors (Lipinski definition) is 4. The molecule has 15 heavy (non-hydrogen) atoms. The van der Waals surface area contributed by atoms with Crippen LogP contribution < -0.4 is 0 Å². The zero-order valence-corrected chi connectivity index (χ0v) is 8.27. The minimum Gasteiger partial charge on any atom is -0.507 e. The fourth-order valence-corrected chi connectivity index (χ4v) is 1.93. The van der Waals surface area contributed by atoms with Crippen molar-refractivity contribution in [2.75, 3.05) is 0 Å². The van der Waals surface area contributed by atoms with Gasteiger partial charge >= 0.3 is 0 Å². The lowest BCUT2D eigenvalue weighted by Gasteiger charge is -2.34. The van der Waals surface area contributed by atoms with Crippen LogP contribution in [0.4, 0.5) is 0 Å². The topological polar surface area (TPSA) is 77.8 Å². The highest BCUT2D eigenvalue weighted by molar-refractivity contribution is 6.02. The molecule has 4 nitrogen and oxygen atoms in total. The van der Waals surface area contributed by atoms with Gasteiger partial charge in [-0.15, -0.1) is 0 Å². The van der Waals surface area contributed by atoms with Gasteiger partial charge in [0.25, 0.3) is 0 Å². The molecule has 4 heteroatoms. The van der Waals surface area contributed by atoms with Crippen LogP contribution in [0.5, 0.6) is 5.75 Å². The number of fused-ring (bicyclic) bond motifs is 1. The van der Waals surface area contributed by atoms with Gasteiger partial charge < -0.3 is 15.3 Å². The van der Waals surface area contributed by atoms with Crippen molar-refractivity contribution in [2.45, 2.75) is 25.0 Å². The third kappa shape index (κ3) is 1.42. The van der Waals surface area contributed by atoms with E-state index in [1.807, 2.05) is 0 Å². The molecule has 0 amide bonds. The Morgan fingerprint density at radius 1 is 1.47 bits per heavy atom. The largest absolute Gasteiger partial charge is 0.507 e. The zero-order valence-electron chi connectivity index (χ0n) is 8.27. The standard InChI is InChI=1S/C11H12O4/c1-11(15)5-8(13)9-6(10(11)14)3-2-4-7(9)12/h2-4,10,12,14-15H,5H2,1H3/t10-,11+/m0/s1. The molecule has 80 valence electrons. The highest BCUT2D eigenvalue weighted by atomic mass is 16.3. The average Bonchev–Trinajstić information content (AvgIpc) is 2.13. The van der Waals surface area contributed by atoms with Crippen molar-refractivity contribution in [3.63, 3.8) is 0 Å². The van der Waals surface area contributed by atoms with E-state index in [4.69, 9.17) is 0 Å². The van der Waals surface area contributed by atoms with E-state index in [-0.39, 0.29) is 29.1 Å². The van der Waals surface area contributed by atoms with Crippen LogP contribution in [0.15, 0.2) is 18.2 Å². The summed E-state index contributed by atoms with van der Waals surface area (Å²) in [5, 5.41) is 29.1. The van der Waals surface area contributed by atoms with E-state index in [1.165, 1.54) is 25.1 Å². The molecule has 0 aliphatic heterocycles. The van der Waals surface area contributed by atoms with E-state index < -0.39 is 11.7 Å². The third-order valence-corrected chi connectivity index (χ3v) is 2.76. The molecule has 3 N–H and O–H groups in total. The van der Waals surface area contributed by atoms with Crippen molar-refractivity contribution in [2.24, 2.45) is 0 Å². The fourth-order valence-electron chi connectivity index (χ4n) is 1.93. The summed E-state index contributed by atoms with van der Waals surface area (Å²) in [6.07, 6.45) is -1.32. The molecule has 1 aromatic rings. The molecule has 1 aliphatic rings. The molecule has 0 bridgehead atoms. The van der Waals surface area contributed by atoms with E-state index in [1.54, 1.807) is 0 Å². The van der Waals surface area contributed by atoms with Crippen molar-refractivity contribution < 1.29 is 20.1 Å². The molecule has 0 fully saturated rings. The van der Waals surface area contributed by atoms with Gasteiger partial charge in [-0.1, -0.05) is 12.1 Å². The van der Waals surface area contributed by atoms with Crippen LogP contribution in [0.3, 0.4) is 0 Å². The predicted molar refractivity (Wildman–Crippen MR) is 52.6 cm³/mol. The third-order valence-electron chi connectivity index (χ3n) is 2.76. The molecule has 2 rings (SSSR count). The highest BCUT2D eigenvalue weighted by Crippen LogP contribution is 2.40. The monoisotopic (exact) mass is 208 g/mol. The Hall–Kier alpha value is -1.39. The summed E-state index contributed by atoms with van der Waals surface area (Å²) in [5.41, 5.74) is -1.05. The highest BCUT2D eigenvalue weighted by Gasteiger charge is 2.41. The number of carbonyl (C=O) groups excluding carboxylic acids is 1. The maximum atomic E-state index is 11.6. The number of carbonyl (C=O) groups is 1. The van der Waals surface area contributed by atoms with Crippen LogP contribution in [-0.4, -0.2) is 26.7 Å². The summed E-state index contributed by atoms with van der Waals surface area (Å²) in [6, 6.07) is 4.46. The molecule has 0 unspecified atom stereocenters. The van der Waals surface area contributed by atoms with Gasteiger partial charge in [0.1, 0.15) is 11.9 Å². The number of phenolic OH excluding ortho intramolecular Hbond substituents is 1. The number of aromatic hydroxyl groups is 1. The summed E-state index contributed by atoms with van der Waals surface area (Å²) in [6.45, 7) is 1.41. The first kappa shape index (κ1) is 10.1. The van der Waals surface area contributed by atoms with E-state index >= 15 is 0 Å². The quantitative estimate of drug-likeness (QED) is 0.588. The Morgan fingerprint density at radius 2 is 2.13 bits per heavy atom. The molecule has 0 saturated carbocycles. The molecule has 0 spiro atoms. The minimum absolute atomic E-state index is 0.122. The summed E-state index contributed by atoms with van der Waals surface area (Å²) < 4.78 is 0. The Labute approximate surface area is 86.8 Å². The normalized spacial score (nSPS) is 30.1. The van der Waals surface area contributed by atoms with Crippen LogP contribution in [0.1, 0.15) is 35.4 Å². The second kappa shape index (κ2) is 3.05. The Kier molecular flexibility index (Phi) is 2.06. The number of aliphatic hydroxyl groups excluding tert-OH is 1. The molecule has 0 heterocycles. The van der Waals surface area contributed by atoms with Crippen LogP contribution >= 0.6 is 0 Å². The predicted octanol–water partition coefficient (Wildman–Crippen LogP) is 0.763. The lowest BCUT2D eigenvalue weighted by molar-refractivity contribution is -0.0676. The van der Waals surface area contributed by atoms with Crippen LogP contribution in [0.25, 0.3) is 0 Å².